The standard InChI is InChI=1S/C18H16BrFN2O/c1-3-22(12(2)14-6-4-13(11-21)5-7-14)18(23)16-10-15(19)8-9-17(16)20/h4-10,12H,3H2,1-2H3. The number of carbonyl (C=O) groups excluding carboxylic acids is 1. The molecule has 3 nitrogen and oxygen atoms in total. The van der Waals surface area contributed by atoms with Crippen molar-refractivity contribution in [1.82, 2.24) is 4.90 Å². The third-order valence-electron chi connectivity index (χ3n) is 3.75. The molecule has 23 heavy (non-hydrogen) atoms. The highest BCUT2D eigenvalue weighted by molar-refractivity contribution is 9.10. The zero-order valence-corrected chi connectivity index (χ0v) is 14.5. The number of hydrogen-bond donors (Lipinski definition) is 0. The number of nitriles is 1. The fourth-order valence-electron chi connectivity index (χ4n) is 2.43. The summed E-state index contributed by atoms with van der Waals surface area (Å²) >= 11 is 3.27. The van der Waals surface area contributed by atoms with Crippen molar-refractivity contribution < 1.29 is 9.18 Å². The van der Waals surface area contributed by atoms with Crippen LogP contribution in [0.1, 0.15) is 41.4 Å². The van der Waals surface area contributed by atoms with Gasteiger partial charge in [0.15, 0.2) is 0 Å². The monoisotopic (exact) mass is 374 g/mol. The van der Waals surface area contributed by atoms with Crippen LogP contribution in [-0.4, -0.2) is 17.4 Å². The highest BCUT2D eigenvalue weighted by Crippen LogP contribution is 2.24. The molecule has 0 spiro atoms. The molecule has 0 heterocycles. The minimum Gasteiger partial charge on any atom is -0.332 e. The zero-order chi connectivity index (χ0) is 17.0. The van der Waals surface area contributed by atoms with Gasteiger partial charge >= 0.3 is 0 Å². The molecule has 2 aromatic rings. The highest BCUT2D eigenvalue weighted by Gasteiger charge is 2.23. The lowest BCUT2D eigenvalue weighted by Gasteiger charge is -2.28. The fraction of sp³-hybridized carbons (Fsp3) is 0.222. The largest absolute Gasteiger partial charge is 0.332 e. The van der Waals surface area contributed by atoms with Crippen LogP contribution in [0.5, 0.6) is 0 Å². The summed E-state index contributed by atoms with van der Waals surface area (Å²) in [5.74, 6) is -0.896. The van der Waals surface area contributed by atoms with E-state index in [4.69, 9.17) is 5.26 Å². The molecule has 0 aromatic heterocycles. The predicted molar refractivity (Wildman–Crippen MR) is 90.4 cm³/mol. The Balaban J connectivity index is 2.32. The second-order valence-electron chi connectivity index (χ2n) is 5.13. The molecule has 0 aliphatic rings. The Morgan fingerprint density at radius 1 is 1.30 bits per heavy atom. The zero-order valence-electron chi connectivity index (χ0n) is 12.9. The molecule has 1 unspecified atom stereocenters. The smallest absolute Gasteiger partial charge is 0.257 e. The first kappa shape index (κ1) is 17.2. The Morgan fingerprint density at radius 2 is 1.96 bits per heavy atom. The van der Waals surface area contributed by atoms with Crippen LogP contribution in [0.4, 0.5) is 4.39 Å². The molecule has 0 saturated heterocycles. The van der Waals surface area contributed by atoms with Gasteiger partial charge in [0.25, 0.3) is 5.91 Å². The molecule has 0 radical (unpaired) electrons. The second kappa shape index (κ2) is 7.38. The predicted octanol–water partition coefficient (Wildman–Crippen LogP) is 4.68. The van der Waals surface area contributed by atoms with Crippen molar-refractivity contribution in [2.75, 3.05) is 6.54 Å². The van der Waals surface area contributed by atoms with E-state index < -0.39 is 5.82 Å². The number of amides is 1. The third-order valence-corrected chi connectivity index (χ3v) is 4.24. The third kappa shape index (κ3) is 3.77. The Bertz CT molecular complexity index is 753. The number of hydrogen-bond acceptors (Lipinski definition) is 2. The maximum Gasteiger partial charge on any atom is 0.257 e. The van der Waals surface area contributed by atoms with Crippen molar-refractivity contribution >= 4 is 21.8 Å². The fourth-order valence-corrected chi connectivity index (χ4v) is 2.79. The summed E-state index contributed by atoms with van der Waals surface area (Å²) in [5, 5.41) is 8.86. The molecule has 2 rings (SSSR count). The molecule has 0 bridgehead atoms. The van der Waals surface area contributed by atoms with Gasteiger partial charge in [-0.1, -0.05) is 28.1 Å². The van der Waals surface area contributed by atoms with Crippen LogP contribution in [0.15, 0.2) is 46.9 Å². The van der Waals surface area contributed by atoms with Gasteiger partial charge in [-0.3, -0.25) is 4.79 Å². The molecule has 1 atom stereocenters. The normalized spacial score (nSPS) is 11.6. The molecule has 5 heteroatoms. The van der Waals surface area contributed by atoms with Gasteiger partial charge in [-0.2, -0.15) is 5.26 Å². The van der Waals surface area contributed by atoms with Crippen molar-refractivity contribution in [2.24, 2.45) is 0 Å². The average molecular weight is 375 g/mol. The van der Waals surface area contributed by atoms with Crippen LogP contribution < -0.4 is 0 Å². The summed E-state index contributed by atoms with van der Waals surface area (Å²) in [6.45, 7) is 4.19. The molecule has 2 aromatic carbocycles. The van der Waals surface area contributed by atoms with Crippen molar-refractivity contribution in [1.29, 1.82) is 5.26 Å². The first-order valence-electron chi connectivity index (χ1n) is 7.24. The number of benzene rings is 2. The summed E-state index contributed by atoms with van der Waals surface area (Å²) in [7, 11) is 0. The Kier molecular flexibility index (Phi) is 5.51. The number of rotatable bonds is 4. The van der Waals surface area contributed by atoms with Crippen molar-refractivity contribution in [3.63, 3.8) is 0 Å². The van der Waals surface area contributed by atoms with Gasteiger partial charge in [0.2, 0.25) is 0 Å². The summed E-state index contributed by atoms with van der Waals surface area (Å²) < 4.78 is 14.6. The average Bonchev–Trinajstić information content (AvgIpc) is 2.57. The van der Waals surface area contributed by atoms with Crippen LogP contribution in [0.25, 0.3) is 0 Å². The summed E-state index contributed by atoms with van der Waals surface area (Å²) in [4.78, 5) is 14.3. The molecular formula is C18H16BrFN2O. The van der Waals surface area contributed by atoms with E-state index in [0.717, 1.165) is 5.56 Å². The van der Waals surface area contributed by atoms with Gasteiger partial charge in [0, 0.05) is 11.0 Å². The van der Waals surface area contributed by atoms with E-state index in [0.29, 0.717) is 16.6 Å². The Labute approximate surface area is 143 Å². The summed E-state index contributed by atoms with van der Waals surface area (Å²) in [6.07, 6.45) is 0. The van der Waals surface area contributed by atoms with Gasteiger partial charge in [0.05, 0.1) is 23.2 Å². The van der Waals surface area contributed by atoms with Crippen molar-refractivity contribution in [3.8, 4) is 6.07 Å². The maximum atomic E-state index is 14.0. The van der Waals surface area contributed by atoms with Crippen LogP contribution in [0, 0.1) is 17.1 Å². The maximum absolute atomic E-state index is 14.0. The SMILES string of the molecule is CCN(C(=O)c1cc(Br)ccc1F)C(C)c1ccc(C#N)cc1. The topological polar surface area (TPSA) is 44.1 Å². The molecular weight excluding hydrogens is 359 g/mol. The summed E-state index contributed by atoms with van der Waals surface area (Å²) in [5.41, 5.74) is 1.50. The first-order chi connectivity index (χ1) is 11.0. The van der Waals surface area contributed by atoms with Crippen LogP contribution in [0.2, 0.25) is 0 Å². The highest BCUT2D eigenvalue weighted by atomic mass is 79.9. The molecule has 0 aliphatic heterocycles. The van der Waals surface area contributed by atoms with Crippen molar-refractivity contribution in [2.45, 2.75) is 19.9 Å². The van der Waals surface area contributed by atoms with Crippen LogP contribution in [-0.2, 0) is 0 Å². The van der Waals surface area contributed by atoms with Gasteiger partial charge in [-0.15, -0.1) is 0 Å². The van der Waals surface area contributed by atoms with Gasteiger partial charge < -0.3 is 4.90 Å². The van der Waals surface area contributed by atoms with E-state index >= 15 is 0 Å². The molecule has 0 fully saturated rings. The minimum atomic E-state index is -0.538. The van der Waals surface area contributed by atoms with Crippen molar-refractivity contribution in [3.05, 3.63) is 69.4 Å². The molecule has 0 N–H and O–H groups in total. The van der Waals surface area contributed by atoms with Crippen LogP contribution in [0.3, 0.4) is 0 Å². The van der Waals surface area contributed by atoms with E-state index in [1.165, 1.54) is 12.1 Å². The number of halogens is 2. The van der Waals surface area contributed by atoms with Gasteiger partial charge in [0.1, 0.15) is 5.82 Å². The summed E-state index contributed by atoms with van der Waals surface area (Å²) in [6, 6.07) is 13.2. The Hall–Kier alpha value is -2.19. The van der Waals surface area contributed by atoms with E-state index in [9.17, 15) is 9.18 Å². The molecule has 1 amide bonds. The number of carbonyl (C=O) groups is 1. The lowest BCUT2D eigenvalue weighted by Crippen LogP contribution is -2.34. The number of nitrogens with zero attached hydrogens (tertiary/aromatic N) is 2. The second-order valence-corrected chi connectivity index (χ2v) is 6.04. The van der Waals surface area contributed by atoms with Gasteiger partial charge in [-0.05, 0) is 49.7 Å². The van der Waals surface area contributed by atoms with E-state index in [-0.39, 0.29) is 17.5 Å². The molecule has 118 valence electrons. The minimum absolute atomic E-state index is 0.0433. The van der Waals surface area contributed by atoms with E-state index in [2.05, 4.69) is 22.0 Å². The quantitative estimate of drug-likeness (QED) is 0.779. The Morgan fingerprint density at radius 3 is 2.52 bits per heavy atom. The molecule has 0 saturated carbocycles. The lowest BCUT2D eigenvalue weighted by molar-refractivity contribution is 0.0697. The lowest BCUT2D eigenvalue weighted by atomic mass is 10.0. The molecule has 0 aliphatic carbocycles. The first-order valence-corrected chi connectivity index (χ1v) is 8.03. The van der Waals surface area contributed by atoms with Gasteiger partial charge in [-0.25, -0.2) is 4.39 Å². The van der Waals surface area contributed by atoms with Crippen LogP contribution >= 0.6 is 15.9 Å². The van der Waals surface area contributed by atoms with E-state index in [1.54, 1.807) is 23.1 Å². The van der Waals surface area contributed by atoms with E-state index in [1.807, 2.05) is 26.0 Å².